The van der Waals surface area contributed by atoms with Crippen molar-refractivity contribution in [3.8, 4) is 5.75 Å². The zero-order valence-electron chi connectivity index (χ0n) is 16.5. The zero-order valence-corrected chi connectivity index (χ0v) is 16.5. The average Bonchev–Trinajstić information content (AvgIpc) is 2.71. The van der Waals surface area contributed by atoms with Crippen molar-refractivity contribution < 1.29 is 19.1 Å². The lowest BCUT2D eigenvalue weighted by molar-refractivity contribution is 0.0602. The Morgan fingerprint density at radius 3 is 2.50 bits per heavy atom. The van der Waals surface area contributed by atoms with Crippen LogP contribution in [0.1, 0.15) is 34.3 Å². The van der Waals surface area contributed by atoms with E-state index in [0.29, 0.717) is 24.3 Å². The molecule has 0 aliphatic carbocycles. The van der Waals surface area contributed by atoms with Crippen molar-refractivity contribution in [3.05, 3.63) is 59.2 Å². The van der Waals surface area contributed by atoms with Gasteiger partial charge in [0, 0.05) is 25.9 Å². The maximum absolute atomic E-state index is 12.6. The maximum atomic E-state index is 12.6. The summed E-state index contributed by atoms with van der Waals surface area (Å²) in [7, 11) is 1.32. The van der Waals surface area contributed by atoms with Crippen LogP contribution in [-0.4, -0.2) is 43.2 Å². The van der Waals surface area contributed by atoms with E-state index in [1.54, 1.807) is 29.2 Å². The molecule has 1 saturated heterocycles. The molecule has 1 aliphatic rings. The number of nitrogens with zero attached hydrogens (tertiary/aromatic N) is 1. The molecule has 6 heteroatoms. The molecule has 2 aromatic carbocycles. The third-order valence-electron chi connectivity index (χ3n) is 4.94. The molecule has 6 nitrogen and oxygen atoms in total. The summed E-state index contributed by atoms with van der Waals surface area (Å²) in [6.45, 7) is 5.28. The molecule has 1 heterocycles. The first-order chi connectivity index (χ1) is 13.5. The number of esters is 1. The van der Waals surface area contributed by atoms with Gasteiger partial charge in [-0.05, 0) is 43.2 Å². The van der Waals surface area contributed by atoms with Gasteiger partial charge in [-0.15, -0.1) is 0 Å². The Balaban J connectivity index is 1.57. The number of piperidine rings is 1. The van der Waals surface area contributed by atoms with Crippen molar-refractivity contribution in [2.45, 2.75) is 32.8 Å². The molecule has 2 amide bonds. The zero-order chi connectivity index (χ0) is 20.1. The Morgan fingerprint density at radius 2 is 1.79 bits per heavy atom. The van der Waals surface area contributed by atoms with Gasteiger partial charge < -0.3 is 19.7 Å². The van der Waals surface area contributed by atoms with Crippen LogP contribution < -0.4 is 10.1 Å². The number of hydrogen-bond donors (Lipinski definition) is 1. The van der Waals surface area contributed by atoms with Crippen molar-refractivity contribution in [2.24, 2.45) is 0 Å². The van der Waals surface area contributed by atoms with Gasteiger partial charge >= 0.3 is 12.0 Å². The molecule has 0 unspecified atom stereocenters. The summed E-state index contributed by atoms with van der Waals surface area (Å²) in [5, 5.41) is 2.82. The van der Waals surface area contributed by atoms with Crippen LogP contribution in [-0.2, 0) is 4.74 Å². The van der Waals surface area contributed by atoms with Crippen LogP contribution in [0.5, 0.6) is 5.75 Å². The second kappa shape index (κ2) is 8.78. The Morgan fingerprint density at radius 1 is 1.07 bits per heavy atom. The van der Waals surface area contributed by atoms with E-state index >= 15 is 0 Å². The number of anilines is 1. The van der Waals surface area contributed by atoms with Crippen molar-refractivity contribution in [3.63, 3.8) is 0 Å². The highest BCUT2D eigenvalue weighted by atomic mass is 16.5. The first-order valence-corrected chi connectivity index (χ1v) is 9.45. The van der Waals surface area contributed by atoms with Crippen molar-refractivity contribution in [1.82, 2.24) is 4.90 Å². The van der Waals surface area contributed by atoms with E-state index in [9.17, 15) is 9.59 Å². The van der Waals surface area contributed by atoms with Gasteiger partial charge in [0.1, 0.15) is 11.9 Å². The molecule has 1 aliphatic heterocycles. The first kappa shape index (κ1) is 19.7. The number of aryl methyl sites for hydroxylation is 2. The van der Waals surface area contributed by atoms with Gasteiger partial charge in [0.2, 0.25) is 0 Å². The summed E-state index contributed by atoms with van der Waals surface area (Å²) >= 11 is 0. The minimum Gasteiger partial charge on any atom is -0.490 e. The standard InChI is InChI=1S/C22H26N2O4/c1-15-8-9-16(2)20(14-15)28-17-10-12-24(13-11-17)22(26)23-19-7-5-4-6-18(19)21(25)27-3/h4-9,14,17H,10-13H2,1-3H3,(H,23,26). The highest BCUT2D eigenvalue weighted by Gasteiger charge is 2.25. The topological polar surface area (TPSA) is 67.9 Å². The summed E-state index contributed by atoms with van der Waals surface area (Å²) in [5.74, 6) is 0.437. The van der Waals surface area contributed by atoms with Crippen LogP contribution in [0, 0.1) is 13.8 Å². The lowest BCUT2D eigenvalue weighted by atomic mass is 10.1. The van der Waals surface area contributed by atoms with Crippen LogP contribution in [0.25, 0.3) is 0 Å². The number of ether oxygens (including phenoxy) is 2. The van der Waals surface area contributed by atoms with Gasteiger partial charge in [-0.25, -0.2) is 9.59 Å². The molecule has 148 valence electrons. The fourth-order valence-corrected chi connectivity index (χ4v) is 3.26. The summed E-state index contributed by atoms with van der Waals surface area (Å²) in [6.07, 6.45) is 1.62. The lowest BCUT2D eigenvalue weighted by Crippen LogP contribution is -2.44. The molecule has 0 radical (unpaired) electrons. The number of benzene rings is 2. The number of para-hydroxylation sites is 1. The van der Waals surface area contributed by atoms with E-state index in [-0.39, 0.29) is 12.1 Å². The van der Waals surface area contributed by atoms with E-state index in [1.807, 2.05) is 13.8 Å². The summed E-state index contributed by atoms with van der Waals surface area (Å²) < 4.78 is 10.9. The lowest BCUT2D eigenvalue weighted by Gasteiger charge is -2.32. The molecule has 2 aromatic rings. The largest absolute Gasteiger partial charge is 0.490 e. The predicted molar refractivity (Wildman–Crippen MR) is 108 cm³/mol. The highest BCUT2D eigenvalue weighted by Crippen LogP contribution is 2.24. The normalized spacial score (nSPS) is 14.5. The SMILES string of the molecule is COC(=O)c1ccccc1NC(=O)N1CCC(Oc2cc(C)ccc2C)CC1. The molecule has 28 heavy (non-hydrogen) atoms. The van der Waals surface area contributed by atoms with E-state index in [4.69, 9.17) is 9.47 Å². The minimum atomic E-state index is -0.475. The number of likely N-dealkylation sites (tertiary alicyclic amines) is 1. The number of nitrogens with one attached hydrogen (secondary N) is 1. The van der Waals surface area contributed by atoms with Crippen LogP contribution in [0.3, 0.4) is 0 Å². The van der Waals surface area contributed by atoms with Crippen molar-refractivity contribution >= 4 is 17.7 Å². The molecule has 1 fully saturated rings. The molecule has 0 atom stereocenters. The highest BCUT2D eigenvalue weighted by molar-refractivity contribution is 6.00. The first-order valence-electron chi connectivity index (χ1n) is 9.45. The van der Waals surface area contributed by atoms with Gasteiger partial charge in [0.15, 0.2) is 0 Å². The Bertz CT molecular complexity index is 857. The van der Waals surface area contributed by atoms with Crippen LogP contribution in [0.15, 0.2) is 42.5 Å². The van der Waals surface area contributed by atoms with Gasteiger partial charge in [0.25, 0.3) is 0 Å². The smallest absolute Gasteiger partial charge is 0.339 e. The van der Waals surface area contributed by atoms with E-state index in [1.165, 1.54) is 12.7 Å². The second-order valence-corrected chi connectivity index (χ2v) is 7.04. The molecular weight excluding hydrogens is 356 g/mol. The van der Waals surface area contributed by atoms with Gasteiger partial charge in [-0.2, -0.15) is 0 Å². The van der Waals surface area contributed by atoms with E-state index < -0.39 is 5.97 Å². The third-order valence-corrected chi connectivity index (χ3v) is 4.94. The van der Waals surface area contributed by atoms with Crippen molar-refractivity contribution in [2.75, 3.05) is 25.5 Å². The van der Waals surface area contributed by atoms with Crippen LogP contribution in [0.2, 0.25) is 0 Å². The predicted octanol–water partition coefficient (Wildman–Crippen LogP) is 4.17. The monoisotopic (exact) mass is 382 g/mol. The molecule has 0 bridgehead atoms. The Labute approximate surface area is 165 Å². The number of methoxy groups -OCH3 is 1. The fraction of sp³-hybridized carbons (Fsp3) is 0.364. The number of carbonyl (C=O) groups is 2. The van der Waals surface area contributed by atoms with E-state index in [2.05, 4.69) is 23.5 Å². The molecule has 3 rings (SSSR count). The van der Waals surface area contributed by atoms with Gasteiger partial charge in [-0.3, -0.25) is 0 Å². The Kier molecular flexibility index (Phi) is 6.19. The third kappa shape index (κ3) is 4.63. The summed E-state index contributed by atoms with van der Waals surface area (Å²) in [6, 6.07) is 12.8. The molecular formula is C22H26N2O4. The second-order valence-electron chi connectivity index (χ2n) is 7.04. The quantitative estimate of drug-likeness (QED) is 0.806. The molecule has 0 aromatic heterocycles. The molecule has 0 saturated carbocycles. The number of hydrogen-bond acceptors (Lipinski definition) is 4. The minimum absolute atomic E-state index is 0.0897. The fourth-order valence-electron chi connectivity index (χ4n) is 3.26. The summed E-state index contributed by atoms with van der Waals surface area (Å²) in [4.78, 5) is 26.2. The summed E-state index contributed by atoms with van der Waals surface area (Å²) in [5.41, 5.74) is 3.08. The van der Waals surface area contributed by atoms with E-state index in [0.717, 1.165) is 24.2 Å². The Hall–Kier alpha value is -3.02. The number of carbonyl (C=O) groups excluding carboxylic acids is 2. The van der Waals surface area contributed by atoms with Crippen LogP contribution >= 0.6 is 0 Å². The maximum Gasteiger partial charge on any atom is 0.339 e. The number of urea groups is 1. The number of amides is 2. The molecule has 0 spiro atoms. The van der Waals surface area contributed by atoms with Gasteiger partial charge in [0.05, 0.1) is 18.4 Å². The average molecular weight is 382 g/mol. The van der Waals surface area contributed by atoms with Crippen molar-refractivity contribution in [1.29, 1.82) is 0 Å². The number of rotatable bonds is 4. The van der Waals surface area contributed by atoms with Gasteiger partial charge in [-0.1, -0.05) is 24.3 Å². The van der Waals surface area contributed by atoms with Crippen LogP contribution in [0.4, 0.5) is 10.5 Å². The molecule has 1 N–H and O–H groups in total.